The average Bonchev–Trinajstić information content (AvgIpc) is 2.52. The molecule has 3 N–H and O–H groups in total. The second kappa shape index (κ2) is 7.85. The molecule has 1 aromatic carbocycles. The van der Waals surface area contributed by atoms with Crippen molar-refractivity contribution in [1.82, 2.24) is 10.6 Å². The van der Waals surface area contributed by atoms with Gasteiger partial charge in [-0.15, -0.1) is 0 Å². The van der Waals surface area contributed by atoms with Gasteiger partial charge in [-0.1, -0.05) is 6.07 Å². The van der Waals surface area contributed by atoms with Gasteiger partial charge in [0.25, 0.3) is 0 Å². The summed E-state index contributed by atoms with van der Waals surface area (Å²) in [7, 11) is 1.60. The number of aliphatic hydroxyl groups is 1. The largest absolute Gasteiger partial charge is 0.497 e. The van der Waals surface area contributed by atoms with Crippen LogP contribution in [0.1, 0.15) is 12.8 Å². The van der Waals surface area contributed by atoms with Crippen LogP contribution in [0.3, 0.4) is 0 Å². The predicted octanol–water partition coefficient (Wildman–Crippen LogP) is 0.303. The number of hydrogen-bond donors (Lipinski definition) is 3. The zero-order valence-corrected chi connectivity index (χ0v) is 12.2. The molecule has 0 bridgehead atoms. The van der Waals surface area contributed by atoms with Crippen molar-refractivity contribution < 1.29 is 19.4 Å². The van der Waals surface area contributed by atoms with Crippen molar-refractivity contribution in [2.45, 2.75) is 25.0 Å². The van der Waals surface area contributed by atoms with Crippen LogP contribution in [-0.2, 0) is 4.79 Å². The van der Waals surface area contributed by atoms with Crippen molar-refractivity contribution in [2.75, 3.05) is 26.8 Å². The van der Waals surface area contributed by atoms with Crippen LogP contribution in [0.5, 0.6) is 11.5 Å². The summed E-state index contributed by atoms with van der Waals surface area (Å²) in [6, 6.07) is 7.48. The van der Waals surface area contributed by atoms with Crippen molar-refractivity contribution in [1.29, 1.82) is 0 Å². The number of ether oxygens (including phenoxy) is 2. The van der Waals surface area contributed by atoms with E-state index in [2.05, 4.69) is 10.6 Å². The molecule has 1 fully saturated rings. The molecule has 0 aliphatic carbocycles. The maximum Gasteiger partial charge on any atom is 0.220 e. The molecule has 1 aliphatic heterocycles. The Balaban J connectivity index is 1.67. The highest BCUT2D eigenvalue weighted by Crippen LogP contribution is 2.18. The third kappa shape index (κ3) is 5.24. The van der Waals surface area contributed by atoms with Crippen LogP contribution in [0, 0.1) is 0 Å². The van der Waals surface area contributed by atoms with Crippen LogP contribution >= 0.6 is 0 Å². The van der Waals surface area contributed by atoms with Crippen LogP contribution in [0.25, 0.3) is 0 Å². The Hall–Kier alpha value is -1.79. The van der Waals surface area contributed by atoms with E-state index in [1.807, 2.05) is 18.2 Å². The Morgan fingerprint density at radius 3 is 3.00 bits per heavy atom. The molecule has 2 atom stereocenters. The number of aliphatic hydroxyl groups excluding tert-OH is 1. The van der Waals surface area contributed by atoms with Crippen LogP contribution in [0.2, 0.25) is 0 Å². The molecule has 2 unspecified atom stereocenters. The molecule has 2 rings (SSSR count). The molecular weight excluding hydrogens is 272 g/mol. The van der Waals surface area contributed by atoms with Crippen molar-refractivity contribution in [3.8, 4) is 11.5 Å². The first-order valence-corrected chi connectivity index (χ1v) is 7.12. The van der Waals surface area contributed by atoms with Crippen LogP contribution in [-0.4, -0.2) is 50.0 Å². The Bertz CT molecular complexity index is 457. The van der Waals surface area contributed by atoms with Gasteiger partial charge in [-0.3, -0.25) is 4.79 Å². The lowest BCUT2D eigenvalue weighted by molar-refractivity contribution is -0.122. The summed E-state index contributed by atoms with van der Waals surface area (Å²) in [6.07, 6.45) is 0.734. The molecule has 1 aromatic rings. The van der Waals surface area contributed by atoms with Gasteiger partial charge in [0, 0.05) is 31.6 Å². The van der Waals surface area contributed by atoms with Crippen molar-refractivity contribution >= 4 is 5.91 Å². The van der Waals surface area contributed by atoms with E-state index in [4.69, 9.17) is 9.47 Å². The highest BCUT2D eigenvalue weighted by molar-refractivity contribution is 5.76. The highest BCUT2D eigenvalue weighted by atomic mass is 16.5. The van der Waals surface area contributed by atoms with Gasteiger partial charge in [0.2, 0.25) is 5.91 Å². The van der Waals surface area contributed by atoms with Crippen molar-refractivity contribution in [3.63, 3.8) is 0 Å². The molecule has 6 heteroatoms. The van der Waals surface area contributed by atoms with Crippen LogP contribution < -0.4 is 20.1 Å². The molecule has 0 aromatic heterocycles. The Kier molecular flexibility index (Phi) is 5.83. The van der Waals surface area contributed by atoms with Gasteiger partial charge in [-0.25, -0.2) is 0 Å². The molecule has 0 spiro atoms. The van der Waals surface area contributed by atoms with Crippen molar-refractivity contribution in [2.24, 2.45) is 0 Å². The number of carbonyl (C=O) groups is 1. The highest BCUT2D eigenvalue weighted by Gasteiger charge is 2.18. The molecular formula is C15H22N2O4. The standard InChI is InChI=1S/C15H22N2O4/c1-20-13-3-2-4-14(7-13)21-10-12(18)9-16-11-5-6-15(19)17-8-11/h2-4,7,11-12,16,18H,5-6,8-10H2,1H3,(H,17,19). The summed E-state index contributed by atoms with van der Waals surface area (Å²) in [5, 5.41) is 15.9. The van der Waals surface area contributed by atoms with E-state index in [1.165, 1.54) is 0 Å². The summed E-state index contributed by atoms with van der Waals surface area (Å²) in [5.74, 6) is 1.48. The van der Waals surface area contributed by atoms with Gasteiger partial charge < -0.3 is 25.2 Å². The minimum atomic E-state index is -0.603. The van der Waals surface area contributed by atoms with Gasteiger partial charge in [0.05, 0.1) is 7.11 Å². The first kappa shape index (κ1) is 15.6. The molecule has 0 saturated carbocycles. The quantitative estimate of drug-likeness (QED) is 0.674. The zero-order valence-electron chi connectivity index (χ0n) is 12.2. The van der Waals surface area contributed by atoms with E-state index in [0.717, 1.165) is 12.2 Å². The summed E-state index contributed by atoms with van der Waals surface area (Å²) in [5.41, 5.74) is 0. The van der Waals surface area contributed by atoms with Gasteiger partial charge in [0.15, 0.2) is 0 Å². The number of methoxy groups -OCH3 is 1. The molecule has 1 amide bonds. The number of hydrogen-bond acceptors (Lipinski definition) is 5. The lowest BCUT2D eigenvalue weighted by Crippen LogP contribution is -2.48. The minimum Gasteiger partial charge on any atom is -0.497 e. The number of amides is 1. The Morgan fingerprint density at radius 1 is 1.48 bits per heavy atom. The number of carbonyl (C=O) groups excluding carboxylic acids is 1. The number of benzene rings is 1. The average molecular weight is 294 g/mol. The van der Waals surface area contributed by atoms with Crippen LogP contribution in [0.4, 0.5) is 0 Å². The fraction of sp³-hybridized carbons (Fsp3) is 0.533. The zero-order chi connectivity index (χ0) is 15.1. The lowest BCUT2D eigenvalue weighted by Gasteiger charge is -2.24. The predicted molar refractivity (Wildman–Crippen MR) is 78.5 cm³/mol. The second-order valence-corrected chi connectivity index (χ2v) is 5.09. The SMILES string of the molecule is COc1cccc(OCC(O)CNC2CCC(=O)NC2)c1. The van der Waals surface area contributed by atoms with Crippen molar-refractivity contribution in [3.05, 3.63) is 24.3 Å². The molecule has 1 heterocycles. The van der Waals surface area contributed by atoms with Gasteiger partial charge in [-0.05, 0) is 18.6 Å². The minimum absolute atomic E-state index is 0.0926. The smallest absolute Gasteiger partial charge is 0.220 e. The first-order valence-electron chi connectivity index (χ1n) is 7.12. The van der Waals surface area contributed by atoms with Crippen LogP contribution in [0.15, 0.2) is 24.3 Å². The summed E-state index contributed by atoms with van der Waals surface area (Å²) >= 11 is 0. The summed E-state index contributed by atoms with van der Waals surface area (Å²) < 4.78 is 10.6. The molecule has 116 valence electrons. The number of nitrogens with one attached hydrogen (secondary N) is 2. The molecule has 21 heavy (non-hydrogen) atoms. The van der Waals surface area contributed by atoms with E-state index in [9.17, 15) is 9.90 Å². The second-order valence-electron chi connectivity index (χ2n) is 5.09. The Morgan fingerprint density at radius 2 is 2.29 bits per heavy atom. The van der Waals surface area contributed by atoms with E-state index in [1.54, 1.807) is 13.2 Å². The Labute approximate surface area is 124 Å². The molecule has 6 nitrogen and oxygen atoms in total. The monoisotopic (exact) mass is 294 g/mol. The third-order valence-electron chi connectivity index (χ3n) is 3.39. The topological polar surface area (TPSA) is 79.8 Å². The van der Waals surface area contributed by atoms with Gasteiger partial charge >= 0.3 is 0 Å². The number of piperidine rings is 1. The molecule has 0 radical (unpaired) electrons. The van der Waals surface area contributed by atoms with E-state index >= 15 is 0 Å². The first-order chi connectivity index (χ1) is 10.2. The lowest BCUT2D eigenvalue weighted by atomic mass is 10.1. The fourth-order valence-electron chi connectivity index (χ4n) is 2.15. The normalized spacial score (nSPS) is 19.7. The fourth-order valence-corrected chi connectivity index (χ4v) is 2.15. The maximum absolute atomic E-state index is 11.0. The third-order valence-corrected chi connectivity index (χ3v) is 3.39. The van der Waals surface area contributed by atoms with Gasteiger partial charge in [-0.2, -0.15) is 0 Å². The summed E-state index contributed by atoms with van der Waals surface area (Å²) in [6.45, 7) is 1.26. The maximum atomic E-state index is 11.0. The summed E-state index contributed by atoms with van der Waals surface area (Å²) in [4.78, 5) is 11.0. The number of rotatable bonds is 7. The van der Waals surface area contributed by atoms with E-state index in [0.29, 0.717) is 25.3 Å². The van der Waals surface area contributed by atoms with Gasteiger partial charge in [0.1, 0.15) is 24.2 Å². The molecule has 1 saturated heterocycles. The van der Waals surface area contributed by atoms with E-state index < -0.39 is 6.10 Å². The van der Waals surface area contributed by atoms with E-state index in [-0.39, 0.29) is 18.6 Å². The molecule has 1 aliphatic rings.